The molecule has 21 heavy (non-hydrogen) atoms. The molecule has 0 radical (unpaired) electrons. The maximum absolute atomic E-state index is 11.8. The number of carbonyl (C=O) groups is 2. The summed E-state index contributed by atoms with van der Waals surface area (Å²) in [6.07, 6.45) is 1.74. The largest absolute Gasteiger partial charge is 0.458 e. The van der Waals surface area contributed by atoms with Crippen LogP contribution in [-0.4, -0.2) is 46.6 Å². The quantitative estimate of drug-likeness (QED) is 0.429. The van der Waals surface area contributed by atoms with E-state index in [0.717, 1.165) is 0 Å². The summed E-state index contributed by atoms with van der Waals surface area (Å²) in [6, 6.07) is 0. The normalized spacial score (nSPS) is 23.8. The molecule has 4 atom stereocenters. The highest BCUT2D eigenvalue weighted by Gasteiger charge is 2.32. The van der Waals surface area contributed by atoms with Gasteiger partial charge in [-0.1, -0.05) is 12.2 Å². The zero-order chi connectivity index (χ0) is 16.0. The van der Waals surface area contributed by atoms with Gasteiger partial charge in [0.1, 0.15) is 6.10 Å². The first-order chi connectivity index (χ1) is 9.85. The number of ether oxygens (including phenoxy) is 2. The van der Waals surface area contributed by atoms with Crippen molar-refractivity contribution < 1.29 is 29.3 Å². The standard InChI is InChI=1S/C15H22O6/c1-4-9(2)15(19)21-13(6-5-11(17)10(3)16)12-7-8-14(18)20-12/h4-6,10-13,16-17H,7-8H2,1-3H3/b6-5+,9-4+/t10-,11-,12?,13?/m0/s1. The summed E-state index contributed by atoms with van der Waals surface area (Å²) in [7, 11) is 0. The molecule has 0 saturated carbocycles. The number of esters is 2. The zero-order valence-corrected chi connectivity index (χ0v) is 12.5. The lowest BCUT2D eigenvalue weighted by Gasteiger charge is -2.20. The second-order valence-electron chi connectivity index (χ2n) is 5.02. The molecule has 0 aromatic rings. The summed E-state index contributed by atoms with van der Waals surface area (Å²) >= 11 is 0. The van der Waals surface area contributed by atoms with E-state index >= 15 is 0 Å². The predicted molar refractivity (Wildman–Crippen MR) is 75.3 cm³/mol. The minimum absolute atomic E-state index is 0.272. The van der Waals surface area contributed by atoms with Crippen LogP contribution >= 0.6 is 0 Å². The fourth-order valence-electron chi connectivity index (χ4n) is 1.74. The minimum atomic E-state index is -1.08. The molecule has 1 aliphatic heterocycles. The lowest BCUT2D eigenvalue weighted by molar-refractivity contribution is -0.155. The van der Waals surface area contributed by atoms with Gasteiger partial charge in [-0.25, -0.2) is 4.79 Å². The first-order valence-electron chi connectivity index (χ1n) is 6.93. The second-order valence-corrected chi connectivity index (χ2v) is 5.02. The third kappa shape index (κ3) is 5.32. The lowest BCUT2D eigenvalue weighted by atomic mass is 10.1. The summed E-state index contributed by atoms with van der Waals surface area (Å²) in [6.45, 7) is 4.78. The van der Waals surface area contributed by atoms with E-state index in [1.54, 1.807) is 19.9 Å². The van der Waals surface area contributed by atoms with E-state index in [9.17, 15) is 19.8 Å². The summed E-state index contributed by atoms with van der Waals surface area (Å²) in [5.41, 5.74) is 0.439. The third-order valence-corrected chi connectivity index (χ3v) is 3.27. The van der Waals surface area contributed by atoms with Crippen molar-refractivity contribution >= 4 is 11.9 Å². The van der Waals surface area contributed by atoms with E-state index in [-0.39, 0.29) is 12.4 Å². The van der Waals surface area contributed by atoms with E-state index < -0.39 is 30.4 Å². The average Bonchev–Trinajstić information content (AvgIpc) is 2.87. The molecule has 0 aromatic heterocycles. The van der Waals surface area contributed by atoms with Gasteiger partial charge >= 0.3 is 11.9 Å². The second kappa shape index (κ2) is 7.95. The maximum atomic E-state index is 11.8. The molecular weight excluding hydrogens is 276 g/mol. The predicted octanol–water partition coefficient (Wildman–Crippen LogP) is 0.868. The van der Waals surface area contributed by atoms with Crippen LogP contribution in [0.3, 0.4) is 0 Å². The van der Waals surface area contributed by atoms with Crippen LogP contribution < -0.4 is 0 Å². The number of hydrogen-bond donors (Lipinski definition) is 2. The molecule has 1 aliphatic rings. The van der Waals surface area contributed by atoms with E-state index in [4.69, 9.17) is 9.47 Å². The molecule has 0 spiro atoms. The number of rotatable bonds is 6. The van der Waals surface area contributed by atoms with Crippen LogP contribution in [0.5, 0.6) is 0 Å². The molecule has 0 aliphatic carbocycles. The molecular formula is C15H22O6. The highest BCUT2D eigenvalue weighted by molar-refractivity contribution is 5.87. The van der Waals surface area contributed by atoms with Crippen molar-refractivity contribution in [2.24, 2.45) is 0 Å². The number of aliphatic hydroxyl groups excluding tert-OH is 2. The Balaban J connectivity index is 2.79. The molecule has 0 bridgehead atoms. The van der Waals surface area contributed by atoms with Crippen molar-refractivity contribution in [1.29, 1.82) is 0 Å². The van der Waals surface area contributed by atoms with E-state index in [1.165, 1.54) is 19.1 Å². The Morgan fingerprint density at radius 2 is 2.10 bits per heavy atom. The maximum Gasteiger partial charge on any atom is 0.334 e. The minimum Gasteiger partial charge on any atom is -0.458 e. The van der Waals surface area contributed by atoms with Crippen LogP contribution in [0.1, 0.15) is 33.6 Å². The van der Waals surface area contributed by atoms with Crippen LogP contribution in [0.15, 0.2) is 23.8 Å². The highest BCUT2D eigenvalue weighted by Crippen LogP contribution is 2.21. The third-order valence-electron chi connectivity index (χ3n) is 3.27. The van der Waals surface area contributed by atoms with Crippen molar-refractivity contribution in [3.05, 3.63) is 23.8 Å². The molecule has 1 saturated heterocycles. The molecule has 2 N–H and O–H groups in total. The first kappa shape index (κ1) is 17.4. The topological polar surface area (TPSA) is 93.1 Å². The Hall–Kier alpha value is -1.66. The molecule has 6 heteroatoms. The smallest absolute Gasteiger partial charge is 0.334 e. The Morgan fingerprint density at radius 3 is 2.57 bits per heavy atom. The number of aliphatic hydroxyl groups is 2. The van der Waals surface area contributed by atoms with Gasteiger partial charge in [0.05, 0.1) is 12.2 Å². The molecule has 1 fully saturated rings. The van der Waals surface area contributed by atoms with Gasteiger partial charge in [0.25, 0.3) is 0 Å². The van der Waals surface area contributed by atoms with Crippen molar-refractivity contribution in [1.82, 2.24) is 0 Å². The zero-order valence-electron chi connectivity index (χ0n) is 12.5. The molecule has 0 amide bonds. The van der Waals surface area contributed by atoms with Gasteiger partial charge < -0.3 is 19.7 Å². The Kier molecular flexibility index (Phi) is 6.58. The molecule has 2 unspecified atom stereocenters. The van der Waals surface area contributed by atoms with Crippen molar-refractivity contribution in [3.63, 3.8) is 0 Å². The lowest BCUT2D eigenvalue weighted by Crippen LogP contribution is -2.31. The summed E-state index contributed by atoms with van der Waals surface area (Å²) in [4.78, 5) is 23.0. The van der Waals surface area contributed by atoms with Gasteiger partial charge in [0, 0.05) is 12.0 Å². The monoisotopic (exact) mass is 298 g/mol. The Morgan fingerprint density at radius 1 is 1.43 bits per heavy atom. The van der Waals surface area contributed by atoms with Crippen LogP contribution in [-0.2, 0) is 19.1 Å². The van der Waals surface area contributed by atoms with Crippen LogP contribution in [0, 0.1) is 0 Å². The summed E-state index contributed by atoms with van der Waals surface area (Å²) in [5, 5.41) is 18.8. The first-order valence-corrected chi connectivity index (χ1v) is 6.93. The Bertz CT molecular complexity index is 437. The fraction of sp³-hybridized carbons (Fsp3) is 0.600. The van der Waals surface area contributed by atoms with Gasteiger partial charge in [-0.05, 0) is 33.3 Å². The molecule has 6 nitrogen and oxygen atoms in total. The Labute approximate surface area is 124 Å². The molecule has 1 rings (SSSR count). The number of allylic oxidation sites excluding steroid dienone is 1. The molecule has 118 valence electrons. The van der Waals surface area contributed by atoms with Crippen molar-refractivity contribution in [3.8, 4) is 0 Å². The van der Waals surface area contributed by atoms with E-state index in [1.807, 2.05) is 0 Å². The van der Waals surface area contributed by atoms with Crippen LogP contribution in [0.2, 0.25) is 0 Å². The SMILES string of the molecule is C/C=C(\C)C(=O)OC(/C=C/[C@H](O)[C@H](C)O)C1CCC(=O)O1. The van der Waals surface area contributed by atoms with Gasteiger partial charge in [-0.2, -0.15) is 0 Å². The van der Waals surface area contributed by atoms with Gasteiger partial charge in [0.2, 0.25) is 0 Å². The fourth-order valence-corrected chi connectivity index (χ4v) is 1.74. The number of carbonyl (C=O) groups excluding carboxylic acids is 2. The number of hydrogen-bond acceptors (Lipinski definition) is 6. The van der Waals surface area contributed by atoms with E-state index in [2.05, 4.69) is 0 Å². The number of cyclic esters (lactones) is 1. The van der Waals surface area contributed by atoms with Gasteiger partial charge in [-0.15, -0.1) is 0 Å². The van der Waals surface area contributed by atoms with E-state index in [0.29, 0.717) is 12.0 Å². The average molecular weight is 298 g/mol. The van der Waals surface area contributed by atoms with Crippen LogP contribution in [0.25, 0.3) is 0 Å². The van der Waals surface area contributed by atoms with Crippen LogP contribution in [0.4, 0.5) is 0 Å². The molecule has 1 heterocycles. The summed E-state index contributed by atoms with van der Waals surface area (Å²) in [5.74, 6) is -0.852. The van der Waals surface area contributed by atoms with Gasteiger partial charge in [0.15, 0.2) is 6.10 Å². The van der Waals surface area contributed by atoms with Gasteiger partial charge in [-0.3, -0.25) is 4.79 Å². The molecule has 0 aromatic carbocycles. The highest BCUT2D eigenvalue weighted by atomic mass is 16.6. The van der Waals surface area contributed by atoms with Crippen molar-refractivity contribution in [2.75, 3.05) is 0 Å². The summed E-state index contributed by atoms with van der Waals surface area (Å²) < 4.78 is 10.4. The van der Waals surface area contributed by atoms with Crippen molar-refractivity contribution in [2.45, 2.75) is 58.0 Å².